The van der Waals surface area contributed by atoms with E-state index in [4.69, 9.17) is 16.3 Å². The van der Waals surface area contributed by atoms with Crippen LogP contribution in [-0.2, 0) is 15.1 Å². The molecule has 4 nitrogen and oxygen atoms in total. The van der Waals surface area contributed by atoms with Crippen LogP contribution in [0.15, 0.2) is 18.2 Å². The van der Waals surface area contributed by atoms with Gasteiger partial charge in [0.05, 0.1) is 19.8 Å². The second-order valence-electron chi connectivity index (χ2n) is 5.60. The molecule has 21 heavy (non-hydrogen) atoms. The van der Waals surface area contributed by atoms with Crippen molar-refractivity contribution >= 4 is 17.5 Å². The minimum atomic E-state index is -0.521. The highest BCUT2D eigenvalue weighted by Gasteiger charge is 2.25. The molecule has 1 amide bonds. The summed E-state index contributed by atoms with van der Waals surface area (Å²) in [5.74, 6) is -0.339. The monoisotopic (exact) mass is 314 g/mol. The second-order valence-corrected chi connectivity index (χ2v) is 6.00. The molecule has 0 spiro atoms. The fourth-order valence-corrected chi connectivity index (χ4v) is 2.72. The topological polar surface area (TPSA) is 41.6 Å². The minimum absolute atomic E-state index is 0.0320. The summed E-state index contributed by atoms with van der Waals surface area (Å²) < 4.78 is 18.3. The van der Waals surface area contributed by atoms with Gasteiger partial charge in [-0.2, -0.15) is 0 Å². The van der Waals surface area contributed by atoms with Gasteiger partial charge in [0, 0.05) is 23.7 Å². The molecule has 0 aliphatic carbocycles. The summed E-state index contributed by atoms with van der Waals surface area (Å²) in [6.45, 7) is 6.45. The number of benzene rings is 1. The molecule has 2 rings (SSSR count). The molecule has 1 aromatic rings. The fraction of sp³-hybridized carbons (Fsp3) is 0.533. The zero-order valence-corrected chi connectivity index (χ0v) is 13.0. The first-order valence-corrected chi connectivity index (χ1v) is 7.34. The molecule has 1 N–H and O–H groups in total. The van der Waals surface area contributed by atoms with Crippen LogP contribution in [0.5, 0.6) is 0 Å². The molecule has 1 aliphatic rings. The standard InChI is InChI=1S/C15H20ClFN2O2/c1-15(2,12-4-3-11(17)9-13(12)16)18-10-14(20)19-5-7-21-8-6-19/h3-4,9,18H,5-8,10H2,1-2H3. The smallest absolute Gasteiger partial charge is 0.236 e. The van der Waals surface area contributed by atoms with Crippen molar-refractivity contribution in [3.05, 3.63) is 34.6 Å². The molecule has 1 fully saturated rings. The largest absolute Gasteiger partial charge is 0.378 e. The lowest BCUT2D eigenvalue weighted by Gasteiger charge is -2.31. The molecule has 116 valence electrons. The van der Waals surface area contributed by atoms with Crippen molar-refractivity contribution in [3.63, 3.8) is 0 Å². The Morgan fingerprint density at radius 2 is 2.10 bits per heavy atom. The highest BCUT2D eigenvalue weighted by molar-refractivity contribution is 6.31. The van der Waals surface area contributed by atoms with Gasteiger partial charge in [0.1, 0.15) is 5.82 Å². The number of nitrogens with one attached hydrogen (secondary N) is 1. The van der Waals surface area contributed by atoms with Gasteiger partial charge in [0.15, 0.2) is 0 Å². The van der Waals surface area contributed by atoms with Gasteiger partial charge >= 0.3 is 0 Å². The van der Waals surface area contributed by atoms with Crippen LogP contribution >= 0.6 is 11.6 Å². The summed E-state index contributed by atoms with van der Waals surface area (Å²) in [7, 11) is 0. The minimum Gasteiger partial charge on any atom is -0.378 e. The molecule has 6 heteroatoms. The first-order chi connectivity index (χ1) is 9.90. The zero-order valence-electron chi connectivity index (χ0n) is 12.3. The Balaban J connectivity index is 1.98. The number of hydrogen-bond acceptors (Lipinski definition) is 3. The van der Waals surface area contributed by atoms with Crippen molar-refractivity contribution in [2.24, 2.45) is 0 Å². The average molecular weight is 315 g/mol. The Morgan fingerprint density at radius 3 is 2.71 bits per heavy atom. The number of carbonyl (C=O) groups is 1. The molecule has 1 saturated heterocycles. The van der Waals surface area contributed by atoms with Gasteiger partial charge in [-0.05, 0) is 31.5 Å². The van der Waals surface area contributed by atoms with Crippen LogP contribution in [0.1, 0.15) is 19.4 Å². The van der Waals surface area contributed by atoms with Gasteiger partial charge in [0.25, 0.3) is 0 Å². The van der Waals surface area contributed by atoms with Crippen LogP contribution in [0.3, 0.4) is 0 Å². The van der Waals surface area contributed by atoms with E-state index in [-0.39, 0.29) is 18.3 Å². The van der Waals surface area contributed by atoms with Gasteiger partial charge < -0.3 is 9.64 Å². The van der Waals surface area contributed by atoms with E-state index in [1.54, 1.807) is 11.0 Å². The molecule has 0 aromatic heterocycles. The van der Waals surface area contributed by atoms with E-state index in [0.29, 0.717) is 31.3 Å². The van der Waals surface area contributed by atoms with Crippen molar-refractivity contribution in [1.82, 2.24) is 10.2 Å². The molecular weight excluding hydrogens is 295 g/mol. The fourth-order valence-electron chi connectivity index (χ4n) is 2.31. The SMILES string of the molecule is CC(C)(NCC(=O)N1CCOCC1)c1ccc(F)cc1Cl. The van der Waals surface area contributed by atoms with Crippen molar-refractivity contribution in [3.8, 4) is 0 Å². The molecule has 1 aromatic carbocycles. The first-order valence-electron chi connectivity index (χ1n) is 6.96. The average Bonchev–Trinajstić information content (AvgIpc) is 2.45. The van der Waals surface area contributed by atoms with Crippen LogP contribution in [0, 0.1) is 5.82 Å². The van der Waals surface area contributed by atoms with E-state index < -0.39 is 5.54 Å². The Labute approximate surface area is 129 Å². The number of nitrogens with zero attached hydrogens (tertiary/aromatic N) is 1. The molecule has 0 unspecified atom stereocenters. The molecule has 0 bridgehead atoms. The molecule has 1 aliphatic heterocycles. The number of rotatable bonds is 4. The Hall–Kier alpha value is -1.17. The number of hydrogen-bond donors (Lipinski definition) is 1. The Kier molecular flexibility index (Phi) is 5.19. The number of carbonyl (C=O) groups excluding carboxylic acids is 1. The molecule has 1 heterocycles. The lowest BCUT2D eigenvalue weighted by molar-refractivity contribution is -0.134. The lowest BCUT2D eigenvalue weighted by atomic mass is 9.94. The Bertz CT molecular complexity index is 516. The quantitative estimate of drug-likeness (QED) is 0.926. The summed E-state index contributed by atoms with van der Waals surface area (Å²) in [6.07, 6.45) is 0. The maximum Gasteiger partial charge on any atom is 0.236 e. The van der Waals surface area contributed by atoms with Gasteiger partial charge in [0.2, 0.25) is 5.91 Å². The van der Waals surface area contributed by atoms with Crippen molar-refractivity contribution in [2.75, 3.05) is 32.8 Å². The third kappa shape index (κ3) is 4.15. The van der Waals surface area contributed by atoms with Crippen LogP contribution in [0.4, 0.5) is 4.39 Å². The summed E-state index contributed by atoms with van der Waals surface area (Å²) >= 11 is 6.09. The van der Waals surface area contributed by atoms with Crippen LogP contribution < -0.4 is 5.32 Å². The van der Waals surface area contributed by atoms with Crippen molar-refractivity contribution in [2.45, 2.75) is 19.4 Å². The van der Waals surface area contributed by atoms with Gasteiger partial charge in [-0.25, -0.2) is 4.39 Å². The number of halogens is 2. The predicted octanol–water partition coefficient (Wildman–Crippen LogP) is 2.16. The maximum atomic E-state index is 13.1. The van der Waals surface area contributed by atoms with Crippen LogP contribution in [-0.4, -0.2) is 43.7 Å². The van der Waals surface area contributed by atoms with E-state index in [1.165, 1.54) is 12.1 Å². The van der Waals surface area contributed by atoms with Gasteiger partial charge in [-0.1, -0.05) is 17.7 Å². The number of morpholine rings is 1. The predicted molar refractivity (Wildman–Crippen MR) is 79.8 cm³/mol. The van der Waals surface area contributed by atoms with E-state index in [2.05, 4.69) is 5.32 Å². The maximum absolute atomic E-state index is 13.1. The third-order valence-electron chi connectivity index (χ3n) is 3.65. The van der Waals surface area contributed by atoms with E-state index >= 15 is 0 Å². The lowest BCUT2D eigenvalue weighted by Crippen LogP contribution is -2.48. The first kappa shape index (κ1) is 16.2. The number of amides is 1. The van der Waals surface area contributed by atoms with E-state index in [9.17, 15) is 9.18 Å². The summed E-state index contributed by atoms with van der Waals surface area (Å²) in [6, 6.07) is 4.29. The number of ether oxygens (including phenoxy) is 1. The third-order valence-corrected chi connectivity index (χ3v) is 3.96. The highest BCUT2D eigenvalue weighted by Crippen LogP contribution is 2.28. The van der Waals surface area contributed by atoms with Crippen molar-refractivity contribution in [1.29, 1.82) is 0 Å². The van der Waals surface area contributed by atoms with Crippen LogP contribution in [0.2, 0.25) is 5.02 Å². The van der Waals surface area contributed by atoms with Crippen molar-refractivity contribution < 1.29 is 13.9 Å². The van der Waals surface area contributed by atoms with Gasteiger partial charge in [-0.3, -0.25) is 10.1 Å². The normalized spacial score (nSPS) is 16.1. The molecular formula is C15H20ClFN2O2. The van der Waals surface area contributed by atoms with Crippen LogP contribution in [0.25, 0.3) is 0 Å². The summed E-state index contributed by atoms with van der Waals surface area (Å²) in [4.78, 5) is 13.9. The Morgan fingerprint density at radius 1 is 1.43 bits per heavy atom. The summed E-state index contributed by atoms with van der Waals surface area (Å²) in [5, 5.41) is 3.55. The molecule has 0 atom stereocenters. The van der Waals surface area contributed by atoms with E-state index in [0.717, 1.165) is 5.56 Å². The molecule has 0 radical (unpaired) electrons. The second kappa shape index (κ2) is 6.73. The summed E-state index contributed by atoms with van der Waals surface area (Å²) in [5.41, 5.74) is 0.243. The highest BCUT2D eigenvalue weighted by atomic mass is 35.5. The van der Waals surface area contributed by atoms with Gasteiger partial charge in [-0.15, -0.1) is 0 Å². The zero-order chi connectivity index (χ0) is 15.5. The molecule has 0 saturated carbocycles. The van der Waals surface area contributed by atoms with E-state index in [1.807, 2.05) is 13.8 Å².